The summed E-state index contributed by atoms with van der Waals surface area (Å²) in [5.41, 5.74) is 0.541. The number of ketones is 1. The zero-order valence-electron chi connectivity index (χ0n) is 14.7. The van der Waals surface area contributed by atoms with Gasteiger partial charge in [-0.15, -0.1) is 0 Å². The predicted molar refractivity (Wildman–Crippen MR) is 91.7 cm³/mol. The number of carbonyl (C=O) groups excluding carboxylic acids is 3. The van der Waals surface area contributed by atoms with E-state index in [0.717, 1.165) is 0 Å². The maximum atomic E-state index is 12.3. The zero-order valence-corrected chi connectivity index (χ0v) is 14.7. The normalized spacial score (nSPS) is 14.2. The molecule has 0 atom stereocenters. The minimum absolute atomic E-state index is 0.0697. The van der Waals surface area contributed by atoms with Gasteiger partial charge in [-0.05, 0) is 19.1 Å². The van der Waals surface area contributed by atoms with Crippen molar-refractivity contribution in [2.24, 2.45) is 0 Å². The lowest BCUT2D eigenvalue weighted by Crippen LogP contribution is -2.50. The Morgan fingerprint density at radius 3 is 2.36 bits per heavy atom. The molecule has 0 aliphatic carbocycles. The standard InChI is InChI=1S/C18H24N2O5/c1-3-25-18(23)20-11-9-19(10-12-20)17(22)8-7-16(21)14-5-4-6-15(13-14)24-2/h4-6,13H,3,7-12H2,1-2H3. The maximum Gasteiger partial charge on any atom is 0.409 e. The summed E-state index contributed by atoms with van der Waals surface area (Å²) in [5, 5.41) is 0. The molecule has 0 N–H and O–H groups in total. The van der Waals surface area contributed by atoms with Gasteiger partial charge < -0.3 is 19.3 Å². The fourth-order valence-electron chi connectivity index (χ4n) is 2.67. The van der Waals surface area contributed by atoms with Crippen molar-refractivity contribution in [1.29, 1.82) is 0 Å². The van der Waals surface area contributed by atoms with E-state index in [1.807, 2.05) is 0 Å². The van der Waals surface area contributed by atoms with Gasteiger partial charge in [0.15, 0.2) is 5.78 Å². The molecule has 0 unspecified atom stereocenters. The number of carbonyl (C=O) groups is 3. The molecular weight excluding hydrogens is 324 g/mol. The third kappa shape index (κ3) is 5.20. The molecule has 1 heterocycles. The van der Waals surface area contributed by atoms with Gasteiger partial charge in [-0.3, -0.25) is 9.59 Å². The molecule has 1 aromatic carbocycles. The predicted octanol–water partition coefficient (Wildman–Crippen LogP) is 1.96. The van der Waals surface area contributed by atoms with Crippen molar-refractivity contribution < 1.29 is 23.9 Å². The number of methoxy groups -OCH3 is 1. The van der Waals surface area contributed by atoms with E-state index in [1.54, 1.807) is 48.1 Å². The molecule has 136 valence electrons. The van der Waals surface area contributed by atoms with Crippen LogP contribution in [0.5, 0.6) is 5.75 Å². The lowest BCUT2D eigenvalue weighted by atomic mass is 10.1. The molecule has 2 amide bonds. The van der Waals surface area contributed by atoms with Gasteiger partial charge >= 0.3 is 6.09 Å². The Bertz CT molecular complexity index is 624. The molecule has 1 aliphatic rings. The molecule has 25 heavy (non-hydrogen) atoms. The fourth-order valence-corrected chi connectivity index (χ4v) is 2.67. The van der Waals surface area contributed by atoms with Crippen LogP contribution in [0.15, 0.2) is 24.3 Å². The third-order valence-electron chi connectivity index (χ3n) is 4.12. The highest BCUT2D eigenvalue weighted by Gasteiger charge is 2.25. The van der Waals surface area contributed by atoms with Crippen LogP contribution in [0.3, 0.4) is 0 Å². The highest BCUT2D eigenvalue weighted by molar-refractivity contribution is 5.98. The average Bonchev–Trinajstić information content (AvgIpc) is 2.66. The molecule has 7 nitrogen and oxygen atoms in total. The second-order valence-corrected chi connectivity index (χ2v) is 5.72. The minimum atomic E-state index is -0.345. The van der Waals surface area contributed by atoms with E-state index < -0.39 is 0 Å². The molecule has 7 heteroatoms. The zero-order chi connectivity index (χ0) is 18.2. The van der Waals surface area contributed by atoms with E-state index in [0.29, 0.717) is 44.1 Å². The Morgan fingerprint density at radius 2 is 1.72 bits per heavy atom. The summed E-state index contributed by atoms with van der Waals surface area (Å²) in [4.78, 5) is 39.4. The van der Waals surface area contributed by atoms with Crippen LogP contribution in [0.2, 0.25) is 0 Å². The Morgan fingerprint density at radius 1 is 1.04 bits per heavy atom. The Labute approximate surface area is 147 Å². The molecule has 0 aromatic heterocycles. The van der Waals surface area contributed by atoms with Crippen molar-refractivity contribution in [1.82, 2.24) is 9.80 Å². The second-order valence-electron chi connectivity index (χ2n) is 5.72. The Hall–Kier alpha value is -2.57. The summed E-state index contributed by atoms with van der Waals surface area (Å²) >= 11 is 0. The van der Waals surface area contributed by atoms with E-state index in [2.05, 4.69) is 0 Å². The van der Waals surface area contributed by atoms with Gasteiger partial charge in [0.2, 0.25) is 5.91 Å². The number of piperazine rings is 1. The molecule has 1 saturated heterocycles. The molecular formula is C18H24N2O5. The van der Waals surface area contributed by atoms with Crippen molar-refractivity contribution in [3.8, 4) is 5.75 Å². The fraction of sp³-hybridized carbons (Fsp3) is 0.500. The summed E-state index contributed by atoms with van der Waals surface area (Å²) in [6, 6.07) is 6.91. The summed E-state index contributed by atoms with van der Waals surface area (Å²) in [6.45, 7) is 3.93. The number of benzene rings is 1. The monoisotopic (exact) mass is 348 g/mol. The second kappa shape index (κ2) is 9.05. The van der Waals surface area contributed by atoms with E-state index >= 15 is 0 Å². The molecule has 1 aromatic rings. The number of rotatable bonds is 6. The third-order valence-corrected chi connectivity index (χ3v) is 4.12. The Kier molecular flexibility index (Phi) is 6.80. The van der Waals surface area contributed by atoms with Crippen molar-refractivity contribution >= 4 is 17.8 Å². The maximum absolute atomic E-state index is 12.3. The quantitative estimate of drug-likeness (QED) is 0.735. The molecule has 0 spiro atoms. The highest BCUT2D eigenvalue weighted by atomic mass is 16.6. The Balaban J connectivity index is 1.79. The van der Waals surface area contributed by atoms with Crippen molar-refractivity contribution in [2.45, 2.75) is 19.8 Å². The summed E-state index contributed by atoms with van der Waals surface area (Å²) < 4.78 is 10.1. The van der Waals surface area contributed by atoms with Crippen LogP contribution in [0.4, 0.5) is 4.79 Å². The van der Waals surface area contributed by atoms with Crippen LogP contribution in [-0.4, -0.2) is 67.5 Å². The average molecular weight is 348 g/mol. The summed E-state index contributed by atoms with van der Waals surface area (Å²) in [5.74, 6) is 0.462. The SMILES string of the molecule is CCOC(=O)N1CCN(C(=O)CCC(=O)c2cccc(OC)c2)CC1. The lowest BCUT2D eigenvalue weighted by molar-refractivity contribution is -0.132. The summed E-state index contributed by atoms with van der Waals surface area (Å²) in [7, 11) is 1.54. The molecule has 1 fully saturated rings. The van der Waals surface area contributed by atoms with E-state index in [1.165, 1.54) is 0 Å². The van der Waals surface area contributed by atoms with Crippen molar-refractivity contribution in [2.75, 3.05) is 39.9 Å². The molecule has 1 aliphatic heterocycles. The molecule has 2 rings (SSSR count). The van der Waals surface area contributed by atoms with Gasteiger partial charge in [-0.1, -0.05) is 12.1 Å². The van der Waals surface area contributed by atoms with Crippen LogP contribution < -0.4 is 4.74 Å². The van der Waals surface area contributed by atoms with Gasteiger partial charge in [-0.25, -0.2) is 4.79 Å². The number of hydrogen-bond acceptors (Lipinski definition) is 5. The van der Waals surface area contributed by atoms with Crippen LogP contribution in [0.25, 0.3) is 0 Å². The smallest absolute Gasteiger partial charge is 0.409 e. The number of Topliss-reactive ketones (excluding diaryl/α,β-unsaturated/α-hetero) is 1. The van der Waals surface area contributed by atoms with Crippen LogP contribution in [0, 0.1) is 0 Å². The van der Waals surface area contributed by atoms with Gasteiger partial charge in [0.1, 0.15) is 5.75 Å². The topological polar surface area (TPSA) is 76.2 Å². The van der Waals surface area contributed by atoms with Crippen LogP contribution >= 0.6 is 0 Å². The van der Waals surface area contributed by atoms with E-state index in [-0.39, 0.29) is 30.6 Å². The van der Waals surface area contributed by atoms with Gasteiger partial charge in [-0.2, -0.15) is 0 Å². The van der Waals surface area contributed by atoms with Crippen LogP contribution in [-0.2, 0) is 9.53 Å². The number of amides is 2. The van der Waals surface area contributed by atoms with Crippen LogP contribution in [0.1, 0.15) is 30.1 Å². The first-order chi connectivity index (χ1) is 12.0. The lowest BCUT2D eigenvalue weighted by Gasteiger charge is -2.34. The number of nitrogens with zero attached hydrogens (tertiary/aromatic N) is 2. The first-order valence-electron chi connectivity index (χ1n) is 8.42. The molecule has 0 bridgehead atoms. The van der Waals surface area contributed by atoms with E-state index in [9.17, 15) is 14.4 Å². The summed E-state index contributed by atoms with van der Waals surface area (Å²) in [6.07, 6.45) is -0.0256. The molecule has 0 saturated carbocycles. The highest BCUT2D eigenvalue weighted by Crippen LogP contribution is 2.15. The molecule has 0 radical (unpaired) electrons. The minimum Gasteiger partial charge on any atom is -0.497 e. The van der Waals surface area contributed by atoms with Gasteiger partial charge in [0.05, 0.1) is 13.7 Å². The van der Waals surface area contributed by atoms with Gasteiger partial charge in [0.25, 0.3) is 0 Å². The number of ether oxygens (including phenoxy) is 2. The number of hydrogen-bond donors (Lipinski definition) is 0. The van der Waals surface area contributed by atoms with E-state index in [4.69, 9.17) is 9.47 Å². The first-order valence-corrected chi connectivity index (χ1v) is 8.42. The van der Waals surface area contributed by atoms with Gasteiger partial charge in [0, 0.05) is 44.6 Å². The first kappa shape index (κ1) is 18.8. The van der Waals surface area contributed by atoms with Crippen molar-refractivity contribution in [3.05, 3.63) is 29.8 Å². The largest absolute Gasteiger partial charge is 0.497 e. The van der Waals surface area contributed by atoms with Crippen molar-refractivity contribution in [3.63, 3.8) is 0 Å².